The monoisotopic (exact) mass is 343 g/mol. The summed E-state index contributed by atoms with van der Waals surface area (Å²) in [4.78, 5) is 33.6. The Morgan fingerprint density at radius 3 is 2.48 bits per heavy atom. The molecule has 0 bridgehead atoms. The van der Waals surface area contributed by atoms with Crippen molar-refractivity contribution in [1.29, 1.82) is 0 Å². The second kappa shape index (κ2) is 7.91. The summed E-state index contributed by atoms with van der Waals surface area (Å²) in [6.45, 7) is 0. The first-order valence-electron chi connectivity index (χ1n) is 7.39. The summed E-state index contributed by atoms with van der Waals surface area (Å²) in [5.74, 6) is -1.22. The van der Waals surface area contributed by atoms with E-state index in [4.69, 9.17) is 10.5 Å². The molecular formula is C17H17N3O5. The fraction of sp³-hybridized carbons (Fsp3) is 0.176. The molecule has 3 N–H and O–H groups in total. The number of rotatable bonds is 7. The van der Waals surface area contributed by atoms with E-state index in [1.165, 1.54) is 19.2 Å². The number of carbonyl (C=O) groups excluding carboxylic acids is 2. The lowest BCUT2D eigenvalue weighted by Gasteiger charge is -2.19. The zero-order chi connectivity index (χ0) is 18.4. The van der Waals surface area contributed by atoms with Gasteiger partial charge in [-0.25, -0.2) is 0 Å². The second-order valence-electron chi connectivity index (χ2n) is 5.24. The lowest BCUT2D eigenvalue weighted by molar-refractivity contribution is -0.384. The number of nitrogens with zero attached hydrogens (tertiary/aromatic N) is 1. The van der Waals surface area contributed by atoms with Crippen LogP contribution in [0.1, 0.15) is 28.4 Å². The van der Waals surface area contributed by atoms with E-state index in [0.717, 1.165) is 11.6 Å². The highest BCUT2D eigenvalue weighted by atomic mass is 16.6. The largest absolute Gasteiger partial charge is 0.469 e. The molecule has 8 heteroatoms. The molecule has 2 aromatic rings. The maximum Gasteiger partial charge on any atom is 0.307 e. The van der Waals surface area contributed by atoms with Crippen LogP contribution >= 0.6 is 0 Å². The minimum atomic E-state index is -0.760. The quantitative estimate of drug-likeness (QED) is 0.452. The summed E-state index contributed by atoms with van der Waals surface area (Å²) in [6.07, 6.45) is -0.0186. The van der Waals surface area contributed by atoms with Gasteiger partial charge in [0, 0.05) is 11.6 Å². The molecule has 25 heavy (non-hydrogen) atoms. The molecule has 8 nitrogen and oxygen atoms in total. The van der Waals surface area contributed by atoms with Crippen molar-refractivity contribution in [2.45, 2.75) is 12.5 Å². The van der Waals surface area contributed by atoms with Gasteiger partial charge in [0.15, 0.2) is 0 Å². The Kier molecular flexibility index (Phi) is 5.67. The number of nitro benzene ring substituents is 1. The summed E-state index contributed by atoms with van der Waals surface area (Å²) in [7, 11) is 1.27. The Morgan fingerprint density at radius 1 is 1.24 bits per heavy atom. The van der Waals surface area contributed by atoms with Crippen molar-refractivity contribution in [3.05, 3.63) is 69.8 Å². The van der Waals surface area contributed by atoms with E-state index in [2.05, 4.69) is 5.32 Å². The van der Waals surface area contributed by atoms with Gasteiger partial charge in [-0.15, -0.1) is 0 Å². The van der Waals surface area contributed by atoms with Gasteiger partial charge in [-0.1, -0.05) is 30.3 Å². The molecule has 0 aliphatic rings. The molecule has 1 atom stereocenters. The standard InChI is InChI=1S/C17H17N3O5/c1-25-16(21)10-14(11-5-3-2-4-6-11)19-13-8-7-12(17(18)22)9-15(13)20(23)24/h2-9,14,19H,10H2,1H3,(H2,18,22). The number of primary amides is 1. The predicted octanol–water partition coefficient (Wildman–Crippen LogP) is 2.41. The first-order valence-corrected chi connectivity index (χ1v) is 7.39. The number of hydrogen-bond acceptors (Lipinski definition) is 6. The molecular weight excluding hydrogens is 326 g/mol. The Hall–Kier alpha value is -3.42. The van der Waals surface area contributed by atoms with Gasteiger partial charge in [0.25, 0.3) is 5.69 Å². The molecule has 0 saturated heterocycles. The molecule has 1 unspecified atom stereocenters. The molecule has 0 fully saturated rings. The van der Waals surface area contributed by atoms with E-state index in [1.807, 2.05) is 6.07 Å². The van der Waals surface area contributed by atoms with Gasteiger partial charge in [0.05, 0.1) is 24.5 Å². The minimum Gasteiger partial charge on any atom is -0.469 e. The van der Waals surface area contributed by atoms with Crippen molar-refractivity contribution in [1.82, 2.24) is 0 Å². The third-order valence-electron chi connectivity index (χ3n) is 3.61. The van der Waals surface area contributed by atoms with Crippen molar-refractivity contribution < 1.29 is 19.2 Å². The number of nitrogens with one attached hydrogen (secondary N) is 1. The van der Waals surface area contributed by atoms with E-state index in [-0.39, 0.29) is 23.4 Å². The summed E-state index contributed by atoms with van der Waals surface area (Å²) >= 11 is 0. The normalized spacial score (nSPS) is 11.4. The van der Waals surface area contributed by atoms with Crippen molar-refractivity contribution in [2.24, 2.45) is 5.73 Å². The average molecular weight is 343 g/mol. The van der Waals surface area contributed by atoms with Crippen LogP contribution in [0.2, 0.25) is 0 Å². The Bertz CT molecular complexity index is 792. The van der Waals surface area contributed by atoms with Crippen LogP contribution < -0.4 is 11.1 Å². The van der Waals surface area contributed by atoms with Crippen LogP contribution in [0, 0.1) is 10.1 Å². The summed E-state index contributed by atoms with van der Waals surface area (Å²) < 4.78 is 4.69. The molecule has 0 radical (unpaired) electrons. The fourth-order valence-electron chi connectivity index (χ4n) is 2.33. The fourth-order valence-corrected chi connectivity index (χ4v) is 2.33. The van der Waals surface area contributed by atoms with Gasteiger partial charge < -0.3 is 15.8 Å². The third kappa shape index (κ3) is 4.54. The molecule has 2 rings (SSSR count). The zero-order valence-electron chi connectivity index (χ0n) is 13.5. The first kappa shape index (κ1) is 17.9. The number of nitro groups is 1. The number of esters is 1. The van der Waals surface area contributed by atoms with E-state index in [0.29, 0.717) is 0 Å². The summed E-state index contributed by atoms with van der Waals surface area (Å²) in [5, 5.41) is 14.3. The number of anilines is 1. The maximum absolute atomic E-state index is 11.7. The maximum atomic E-state index is 11.7. The topological polar surface area (TPSA) is 125 Å². The Labute approximate surface area is 143 Å². The Balaban J connectivity index is 2.39. The Morgan fingerprint density at radius 2 is 1.92 bits per heavy atom. The van der Waals surface area contributed by atoms with Crippen LogP contribution in [0.15, 0.2) is 48.5 Å². The van der Waals surface area contributed by atoms with Crippen LogP contribution in [-0.4, -0.2) is 23.9 Å². The highest BCUT2D eigenvalue weighted by molar-refractivity contribution is 5.94. The molecule has 1 amide bonds. The van der Waals surface area contributed by atoms with E-state index >= 15 is 0 Å². The second-order valence-corrected chi connectivity index (χ2v) is 5.24. The zero-order valence-corrected chi connectivity index (χ0v) is 13.5. The molecule has 0 aliphatic heterocycles. The van der Waals surface area contributed by atoms with E-state index in [9.17, 15) is 19.7 Å². The molecule has 0 aliphatic carbocycles. The van der Waals surface area contributed by atoms with Crippen LogP contribution in [0.5, 0.6) is 0 Å². The highest BCUT2D eigenvalue weighted by Gasteiger charge is 2.22. The van der Waals surface area contributed by atoms with E-state index < -0.39 is 22.8 Å². The first-order chi connectivity index (χ1) is 11.9. The van der Waals surface area contributed by atoms with Crippen LogP contribution in [0.4, 0.5) is 11.4 Å². The van der Waals surface area contributed by atoms with Crippen molar-refractivity contribution in [3.63, 3.8) is 0 Å². The van der Waals surface area contributed by atoms with E-state index in [1.54, 1.807) is 24.3 Å². The number of benzene rings is 2. The molecule has 0 spiro atoms. The smallest absolute Gasteiger partial charge is 0.307 e. The number of carbonyl (C=O) groups is 2. The average Bonchev–Trinajstić information content (AvgIpc) is 2.61. The number of amides is 1. The molecule has 0 heterocycles. The lowest BCUT2D eigenvalue weighted by Crippen LogP contribution is -2.17. The van der Waals surface area contributed by atoms with Gasteiger partial charge in [-0.2, -0.15) is 0 Å². The van der Waals surface area contributed by atoms with Crippen molar-refractivity contribution in [2.75, 3.05) is 12.4 Å². The van der Waals surface area contributed by atoms with Gasteiger partial charge >= 0.3 is 5.97 Å². The summed E-state index contributed by atoms with van der Waals surface area (Å²) in [5.41, 5.74) is 5.83. The molecule has 0 saturated carbocycles. The van der Waals surface area contributed by atoms with Gasteiger partial charge in [-0.05, 0) is 17.7 Å². The van der Waals surface area contributed by atoms with Gasteiger partial charge in [-0.3, -0.25) is 19.7 Å². The SMILES string of the molecule is COC(=O)CC(Nc1ccc(C(N)=O)cc1[N+](=O)[O-])c1ccccc1. The number of hydrogen-bond donors (Lipinski definition) is 2. The number of nitrogens with two attached hydrogens (primary N) is 1. The van der Waals surface area contributed by atoms with Crippen LogP contribution in [-0.2, 0) is 9.53 Å². The number of ether oxygens (including phenoxy) is 1. The lowest BCUT2D eigenvalue weighted by atomic mass is 10.0. The van der Waals surface area contributed by atoms with Crippen molar-refractivity contribution in [3.8, 4) is 0 Å². The van der Waals surface area contributed by atoms with Gasteiger partial charge in [0.2, 0.25) is 5.91 Å². The number of methoxy groups -OCH3 is 1. The van der Waals surface area contributed by atoms with Crippen LogP contribution in [0.25, 0.3) is 0 Å². The summed E-state index contributed by atoms with van der Waals surface area (Å²) in [6, 6.07) is 12.4. The van der Waals surface area contributed by atoms with Crippen LogP contribution in [0.3, 0.4) is 0 Å². The molecule has 0 aromatic heterocycles. The molecule has 130 valence electrons. The minimum absolute atomic E-state index is 0.0186. The third-order valence-corrected chi connectivity index (χ3v) is 3.61. The van der Waals surface area contributed by atoms with Gasteiger partial charge in [0.1, 0.15) is 5.69 Å². The molecule has 2 aromatic carbocycles. The van der Waals surface area contributed by atoms with Crippen molar-refractivity contribution >= 4 is 23.3 Å². The highest BCUT2D eigenvalue weighted by Crippen LogP contribution is 2.30. The predicted molar refractivity (Wildman–Crippen MR) is 91.1 cm³/mol.